The minimum Gasteiger partial charge on any atom is -0.476 e. The van der Waals surface area contributed by atoms with Crippen LogP contribution in [0.4, 0.5) is 14.6 Å². The Morgan fingerprint density at radius 2 is 2.00 bits per heavy atom. The Bertz CT molecular complexity index is 806. The summed E-state index contributed by atoms with van der Waals surface area (Å²) in [6.45, 7) is 0.218. The first-order chi connectivity index (χ1) is 11.5. The van der Waals surface area contributed by atoms with Crippen LogP contribution >= 0.6 is 0 Å². The van der Waals surface area contributed by atoms with Crippen molar-refractivity contribution in [1.82, 2.24) is 9.97 Å². The molecule has 0 bridgehead atoms. The van der Waals surface area contributed by atoms with E-state index < -0.39 is 23.5 Å². The molecule has 1 N–H and O–H groups in total. The predicted molar refractivity (Wildman–Crippen MR) is 83.2 cm³/mol. The lowest BCUT2D eigenvalue weighted by Crippen LogP contribution is -2.73. The number of aromatic nitrogens is 2. The number of carboxylic acids is 1. The Balaban J connectivity index is 1.82. The molecule has 2 fully saturated rings. The number of alkyl halides is 1. The first-order valence-corrected chi connectivity index (χ1v) is 7.79. The van der Waals surface area contributed by atoms with Gasteiger partial charge in [0.15, 0.2) is 11.5 Å². The van der Waals surface area contributed by atoms with Gasteiger partial charge in [0.1, 0.15) is 17.7 Å². The molecule has 1 spiro atoms. The van der Waals surface area contributed by atoms with E-state index in [-0.39, 0.29) is 12.2 Å². The molecule has 124 valence electrons. The highest BCUT2D eigenvalue weighted by Crippen LogP contribution is 2.51. The minimum atomic E-state index is -1.19. The van der Waals surface area contributed by atoms with Crippen LogP contribution in [0.1, 0.15) is 29.8 Å². The maximum Gasteiger partial charge on any atom is 0.356 e. The van der Waals surface area contributed by atoms with Crippen LogP contribution in [0.3, 0.4) is 0 Å². The molecule has 1 aliphatic heterocycles. The number of rotatable bonds is 3. The van der Waals surface area contributed by atoms with Gasteiger partial charge in [0.2, 0.25) is 0 Å². The third-order valence-electron chi connectivity index (χ3n) is 5.03. The number of hydrogen-bond acceptors (Lipinski definition) is 4. The highest BCUT2D eigenvalue weighted by Gasteiger charge is 2.58. The van der Waals surface area contributed by atoms with Crippen molar-refractivity contribution in [2.24, 2.45) is 0 Å². The van der Waals surface area contributed by atoms with Crippen LogP contribution in [-0.2, 0) is 0 Å². The minimum absolute atomic E-state index is 0.196. The monoisotopic (exact) mass is 331 g/mol. The number of hydrogen-bond donors (Lipinski definition) is 1. The average molecular weight is 331 g/mol. The smallest absolute Gasteiger partial charge is 0.356 e. The maximum absolute atomic E-state index is 14.1. The van der Waals surface area contributed by atoms with E-state index in [0.29, 0.717) is 17.1 Å². The van der Waals surface area contributed by atoms with Gasteiger partial charge >= 0.3 is 5.97 Å². The molecule has 2 aliphatic rings. The zero-order valence-electron chi connectivity index (χ0n) is 12.7. The van der Waals surface area contributed by atoms with Gasteiger partial charge in [-0.05, 0) is 43.5 Å². The molecule has 1 unspecified atom stereocenters. The average Bonchev–Trinajstić information content (AvgIpc) is 2.51. The van der Waals surface area contributed by atoms with Crippen molar-refractivity contribution in [3.63, 3.8) is 0 Å². The van der Waals surface area contributed by atoms with E-state index in [9.17, 15) is 13.6 Å². The number of nitrogens with zero attached hydrogens (tertiary/aromatic N) is 3. The molecule has 1 atom stereocenters. The molecule has 7 heteroatoms. The van der Waals surface area contributed by atoms with Crippen LogP contribution in [0.5, 0.6) is 0 Å². The normalized spacial score (nSPS) is 21.2. The number of carbonyl (C=O) groups is 1. The number of carboxylic acid groups (broad SMARTS) is 1. The molecule has 2 heterocycles. The second-order valence-corrected chi connectivity index (χ2v) is 6.27. The van der Waals surface area contributed by atoms with Gasteiger partial charge in [0.25, 0.3) is 0 Å². The van der Waals surface area contributed by atoms with Crippen molar-refractivity contribution in [2.75, 3.05) is 11.4 Å². The zero-order chi connectivity index (χ0) is 16.9. The van der Waals surface area contributed by atoms with E-state index in [0.717, 1.165) is 19.3 Å². The van der Waals surface area contributed by atoms with Crippen molar-refractivity contribution in [2.45, 2.75) is 31.0 Å². The van der Waals surface area contributed by atoms with Gasteiger partial charge in [-0.15, -0.1) is 0 Å². The van der Waals surface area contributed by atoms with Crippen molar-refractivity contribution in [1.29, 1.82) is 0 Å². The van der Waals surface area contributed by atoms with E-state index in [1.165, 1.54) is 30.5 Å². The van der Waals surface area contributed by atoms with Crippen molar-refractivity contribution < 1.29 is 18.7 Å². The predicted octanol–water partition coefficient (Wildman–Crippen LogP) is 3.06. The SMILES string of the molecule is O=C(O)c1cnc(N2CC(F)C23CCC3)c(-c2ccc(F)cc2)n1. The molecule has 1 aliphatic carbocycles. The number of halogens is 2. The summed E-state index contributed by atoms with van der Waals surface area (Å²) in [6.07, 6.45) is 2.73. The second-order valence-electron chi connectivity index (χ2n) is 6.27. The Morgan fingerprint density at radius 1 is 1.29 bits per heavy atom. The molecule has 4 rings (SSSR count). The summed E-state index contributed by atoms with van der Waals surface area (Å²) >= 11 is 0. The van der Waals surface area contributed by atoms with Gasteiger partial charge in [-0.2, -0.15) is 0 Å². The molecular weight excluding hydrogens is 316 g/mol. The Kier molecular flexibility index (Phi) is 3.26. The van der Waals surface area contributed by atoms with Gasteiger partial charge in [-0.3, -0.25) is 0 Å². The standard InChI is InChI=1S/C17H15F2N3O2/c18-11-4-2-10(3-5-11)14-15(20-8-12(21-14)16(23)24)22-9-13(19)17(22)6-1-7-17/h2-5,8,13H,1,6-7,9H2,(H,23,24). The lowest BCUT2D eigenvalue weighted by Gasteiger charge is -2.61. The molecule has 0 radical (unpaired) electrons. The van der Waals surface area contributed by atoms with Crippen molar-refractivity contribution in [3.8, 4) is 11.3 Å². The number of anilines is 1. The van der Waals surface area contributed by atoms with Crippen LogP contribution in [0, 0.1) is 5.82 Å². The van der Waals surface area contributed by atoms with E-state index in [1.807, 2.05) is 4.90 Å². The zero-order valence-corrected chi connectivity index (χ0v) is 12.7. The van der Waals surface area contributed by atoms with Gasteiger partial charge in [0, 0.05) is 5.56 Å². The summed E-state index contributed by atoms with van der Waals surface area (Å²) in [6, 6.07) is 5.60. The highest BCUT2D eigenvalue weighted by atomic mass is 19.1. The van der Waals surface area contributed by atoms with Gasteiger partial charge in [0.05, 0.1) is 18.3 Å². The topological polar surface area (TPSA) is 66.3 Å². The summed E-state index contributed by atoms with van der Waals surface area (Å²) in [4.78, 5) is 21.5. The molecule has 24 heavy (non-hydrogen) atoms. The highest BCUT2D eigenvalue weighted by molar-refractivity contribution is 5.87. The van der Waals surface area contributed by atoms with E-state index in [1.54, 1.807) is 0 Å². The van der Waals surface area contributed by atoms with Gasteiger partial charge in [-0.25, -0.2) is 23.5 Å². The van der Waals surface area contributed by atoms with Crippen LogP contribution in [0.25, 0.3) is 11.3 Å². The van der Waals surface area contributed by atoms with Crippen LogP contribution in [-0.4, -0.2) is 39.3 Å². The quantitative estimate of drug-likeness (QED) is 0.936. The summed E-state index contributed by atoms with van der Waals surface area (Å²) < 4.78 is 27.3. The molecule has 2 aromatic rings. The molecule has 1 aromatic heterocycles. The molecular formula is C17H15F2N3O2. The van der Waals surface area contributed by atoms with Gasteiger partial charge < -0.3 is 10.0 Å². The first-order valence-electron chi connectivity index (χ1n) is 7.79. The molecule has 0 amide bonds. The molecule has 1 saturated carbocycles. The van der Waals surface area contributed by atoms with Crippen molar-refractivity contribution in [3.05, 3.63) is 42.0 Å². The largest absolute Gasteiger partial charge is 0.476 e. The third-order valence-corrected chi connectivity index (χ3v) is 5.03. The van der Waals surface area contributed by atoms with Gasteiger partial charge in [-0.1, -0.05) is 0 Å². The first kappa shape index (κ1) is 15.0. The van der Waals surface area contributed by atoms with Crippen LogP contribution < -0.4 is 4.90 Å². The Labute approximate surface area is 137 Å². The van der Waals surface area contributed by atoms with Crippen LogP contribution in [0.15, 0.2) is 30.5 Å². The lowest BCUT2D eigenvalue weighted by atomic mass is 9.66. The van der Waals surface area contributed by atoms with E-state index in [4.69, 9.17) is 5.11 Å². The molecule has 1 aromatic carbocycles. The molecule has 1 saturated heterocycles. The fourth-order valence-corrected chi connectivity index (χ4v) is 3.47. The maximum atomic E-state index is 14.1. The summed E-state index contributed by atoms with van der Waals surface area (Å²) in [5.74, 6) is -1.13. The molecule has 5 nitrogen and oxygen atoms in total. The lowest BCUT2D eigenvalue weighted by molar-refractivity contribution is 0.0333. The van der Waals surface area contributed by atoms with Crippen LogP contribution in [0.2, 0.25) is 0 Å². The second kappa shape index (κ2) is 5.22. The summed E-state index contributed by atoms with van der Waals surface area (Å²) in [5, 5.41) is 9.17. The fraction of sp³-hybridized carbons (Fsp3) is 0.353. The van der Waals surface area contributed by atoms with Crippen molar-refractivity contribution >= 4 is 11.8 Å². The van der Waals surface area contributed by atoms with E-state index in [2.05, 4.69) is 9.97 Å². The number of aromatic carboxylic acids is 1. The summed E-state index contributed by atoms with van der Waals surface area (Å²) in [7, 11) is 0. The summed E-state index contributed by atoms with van der Waals surface area (Å²) in [5.41, 5.74) is 0.165. The third kappa shape index (κ3) is 2.07. The fourth-order valence-electron chi connectivity index (χ4n) is 3.47. The Morgan fingerprint density at radius 3 is 2.54 bits per heavy atom. The van der Waals surface area contributed by atoms with E-state index >= 15 is 0 Å². The Hall–Kier alpha value is -2.57. The number of benzene rings is 1.